The van der Waals surface area contributed by atoms with Crippen LogP contribution in [0.2, 0.25) is 0 Å². The van der Waals surface area contributed by atoms with Gasteiger partial charge in [0, 0.05) is 11.8 Å². The fourth-order valence-electron chi connectivity index (χ4n) is 3.07. The molecule has 0 amide bonds. The van der Waals surface area contributed by atoms with Crippen LogP contribution in [0.4, 0.5) is 4.39 Å². The summed E-state index contributed by atoms with van der Waals surface area (Å²) in [4.78, 5) is 12.7. The Balaban J connectivity index is 1.61. The van der Waals surface area contributed by atoms with Crippen molar-refractivity contribution in [3.63, 3.8) is 0 Å². The zero-order valence-electron chi connectivity index (χ0n) is 15.3. The molecule has 0 bridgehead atoms. The number of aromatic nitrogens is 5. The highest BCUT2D eigenvalue weighted by Gasteiger charge is 2.16. The summed E-state index contributed by atoms with van der Waals surface area (Å²) in [6, 6.07) is 5.85. The van der Waals surface area contributed by atoms with E-state index in [1.54, 1.807) is 23.0 Å². The normalized spacial score (nSPS) is 11.2. The topological polar surface area (TPSA) is 91.0 Å². The van der Waals surface area contributed by atoms with E-state index in [0.29, 0.717) is 18.0 Å². The molecule has 8 nitrogen and oxygen atoms in total. The molecule has 144 valence electrons. The molecule has 0 radical (unpaired) electrons. The number of hydrogen-bond acceptors (Lipinski definition) is 5. The van der Waals surface area contributed by atoms with E-state index in [1.807, 2.05) is 13.8 Å². The maximum Gasteiger partial charge on any atom is 0.336 e. The molecule has 4 aromatic rings. The Morgan fingerprint density at radius 3 is 2.57 bits per heavy atom. The van der Waals surface area contributed by atoms with Crippen LogP contribution in [0.3, 0.4) is 0 Å². The number of aryl methyl sites for hydroxylation is 2. The molecule has 0 aliphatic carbocycles. The Bertz CT molecular complexity index is 1160. The molecule has 1 aromatic carbocycles. The van der Waals surface area contributed by atoms with E-state index in [2.05, 4.69) is 10.3 Å². The summed E-state index contributed by atoms with van der Waals surface area (Å²) in [5.41, 5.74) is 2.46. The summed E-state index contributed by atoms with van der Waals surface area (Å²) in [6.07, 6.45) is 4.51. The minimum Gasteiger partial charge on any atom is -0.493 e. The van der Waals surface area contributed by atoms with Crippen LogP contribution in [0.1, 0.15) is 22.6 Å². The lowest BCUT2D eigenvalue weighted by atomic mass is 10.2. The van der Waals surface area contributed by atoms with Gasteiger partial charge in [0.25, 0.3) is 0 Å². The van der Waals surface area contributed by atoms with E-state index in [4.69, 9.17) is 4.52 Å². The van der Waals surface area contributed by atoms with Crippen LogP contribution in [0.25, 0.3) is 5.69 Å². The number of nitrogens with zero attached hydrogens (tertiary/aromatic N) is 5. The van der Waals surface area contributed by atoms with Gasteiger partial charge in [0.2, 0.25) is 5.88 Å². The maximum absolute atomic E-state index is 13.1. The van der Waals surface area contributed by atoms with E-state index in [-0.39, 0.29) is 18.2 Å². The van der Waals surface area contributed by atoms with Gasteiger partial charge in [0.1, 0.15) is 11.6 Å². The molecule has 4 rings (SSSR count). The molecule has 0 unspecified atom stereocenters. The molecule has 0 saturated heterocycles. The van der Waals surface area contributed by atoms with Crippen LogP contribution in [0.5, 0.6) is 5.88 Å². The van der Waals surface area contributed by atoms with E-state index in [0.717, 1.165) is 16.8 Å². The first-order valence-electron chi connectivity index (χ1n) is 8.62. The van der Waals surface area contributed by atoms with Crippen molar-refractivity contribution in [1.82, 2.24) is 24.1 Å². The Labute approximate surface area is 159 Å². The van der Waals surface area contributed by atoms with Gasteiger partial charge in [-0.15, -0.1) is 0 Å². The van der Waals surface area contributed by atoms with Crippen LogP contribution in [-0.2, 0) is 13.1 Å². The summed E-state index contributed by atoms with van der Waals surface area (Å²) >= 11 is 0. The van der Waals surface area contributed by atoms with Crippen LogP contribution in [-0.4, -0.2) is 29.2 Å². The van der Waals surface area contributed by atoms with Gasteiger partial charge in [-0.05, 0) is 31.5 Å². The van der Waals surface area contributed by atoms with Gasteiger partial charge in [0.15, 0.2) is 0 Å². The van der Waals surface area contributed by atoms with E-state index >= 15 is 0 Å². The zero-order valence-corrected chi connectivity index (χ0v) is 15.3. The summed E-state index contributed by atoms with van der Waals surface area (Å²) in [5, 5.41) is 18.4. The molecular weight excluding hydrogens is 365 g/mol. The van der Waals surface area contributed by atoms with Gasteiger partial charge in [-0.25, -0.2) is 13.8 Å². The monoisotopic (exact) mass is 383 g/mol. The highest BCUT2D eigenvalue weighted by molar-refractivity contribution is 5.32. The summed E-state index contributed by atoms with van der Waals surface area (Å²) < 4.78 is 22.4. The summed E-state index contributed by atoms with van der Waals surface area (Å²) in [5.74, 6) is 0.159. The third kappa shape index (κ3) is 3.22. The second kappa shape index (κ2) is 6.84. The predicted octanol–water partition coefficient (Wildman–Crippen LogP) is 2.38. The fourth-order valence-corrected chi connectivity index (χ4v) is 3.07. The van der Waals surface area contributed by atoms with Gasteiger partial charge in [-0.2, -0.15) is 5.10 Å². The van der Waals surface area contributed by atoms with Crippen LogP contribution in [0, 0.1) is 19.7 Å². The molecule has 3 heterocycles. The number of hydrogen-bond donors (Lipinski definition) is 1. The average Bonchev–Trinajstić information content (AvgIpc) is 3.32. The fraction of sp³-hybridized carbons (Fsp3) is 0.211. The van der Waals surface area contributed by atoms with Crippen molar-refractivity contribution < 1.29 is 14.0 Å². The van der Waals surface area contributed by atoms with E-state index < -0.39 is 5.69 Å². The Kier molecular flexibility index (Phi) is 4.34. The van der Waals surface area contributed by atoms with Crippen molar-refractivity contribution in [2.45, 2.75) is 26.9 Å². The van der Waals surface area contributed by atoms with Gasteiger partial charge >= 0.3 is 5.69 Å². The molecule has 1 N–H and O–H groups in total. The number of benzene rings is 1. The van der Waals surface area contributed by atoms with Gasteiger partial charge in [-0.1, -0.05) is 17.3 Å². The van der Waals surface area contributed by atoms with Gasteiger partial charge in [-0.3, -0.25) is 9.25 Å². The van der Waals surface area contributed by atoms with Crippen molar-refractivity contribution in [2.24, 2.45) is 0 Å². The molecule has 28 heavy (non-hydrogen) atoms. The van der Waals surface area contributed by atoms with Crippen LogP contribution in [0.15, 0.2) is 52.2 Å². The molecule has 0 saturated carbocycles. The molecule has 9 heteroatoms. The predicted molar refractivity (Wildman–Crippen MR) is 98.1 cm³/mol. The first kappa shape index (κ1) is 17.8. The molecule has 0 aliphatic heterocycles. The SMILES string of the molecule is Cc1noc(C)c1Cn1cc(-n2c(O)cn(Cc3ccc(F)cc3)c2=O)cn1. The number of halogens is 1. The van der Waals surface area contributed by atoms with Crippen molar-refractivity contribution in [2.75, 3.05) is 0 Å². The smallest absolute Gasteiger partial charge is 0.336 e. The second-order valence-corrected chi connectivity index (χ2v) is 6.56. The molecule has 0 aliphatic rings. The number of aromatic hydroxyl groups is 1. The van der Waals surface area contributed by atoms with E-state index in [9.17, 15) is 14.3 Å². The van der Waals surface area contributed by atoms with Gasteiger partial charge in [0.05, 0.1) is 36.9 Å². The Morgan fingerprint density at radius 2 is 1.89 bits per heavy atom. The third-order valence-corrected chi connectivity index (χ3v) is 4.58. The van der Waals surface area contributed by atoms with Crippen LogP contribution >= 0.6 is 0 Å². The van der Waals surface area contributed by atoms with Crippen molar-refractivity contribution in [3.8, 4) is 11.6 Å². The number of rotatable bonds is 5. The third-order valence-electron chi connectivity index (χ3n) is 4.58. The standard InChI is InChI=1S/C19H18FN5O3/c1-12-17(13(2)28-22-12)10-24-9-16(7-21-24)25-18(26)11-23(19(25)27)8-14-3-5-15(20)6-4-14/h3-7,9,11,26H,8,10H2,1-2H3. The van der Waals surface area contributed by atoms with E-state index in [1.165, 1.54) is 33.7 Å². The summed E-state index contributed by atoms with van der Waals surface area (Å²) in [7, 11) is 0. The highest BCUT2D eigenvalue weighted by atomic mass is 19.1. The first-order valence-corrected chi connectivity index (χ1v) is 8.62. The van der Waals surface area contributed by atoms with Crippen molar-refractivity contribution in [1.29, 1.82) is 0 Å². The Hall–Kier alpha value is -3.62. The zero-order chi connectivity index (χ0) is 19.8. The van der Waals surface area contributed by atoms with Crippen molar-refractivity contribution in [3.05, 3.63) is 81.7 Å². The summed E-state index contributed by atoms with van der Waals surface area (Å²) in [6.45, 7) is 4.33. The Morgan fingerprint density at radius 1 is 1.14 bits per heavy atom. The lowest BCUT2D eigenvalue weighted by Gasteiger charge is -2.02. The second-order valence-electron chi connectivity index (χ2n) is 6.56. The molecular formula is C19H18FN5O3. The largest absolute Gasteiger partial charge is 0.493 e. The minimum absolute atomic E-state index is 0.205. The maximum atomic E-state index is 13.1. The highest BCUT2D eigenvalue weighted by Crippen LogP contribution is 2.17. The lowest BCUT2D eigenvalue weighted by Crippen LogP contribution is -2.23. The van der Waals surface area contributed by atoms with Crippen LogP contribution < -0.4 is 5.69 Å². The molecule has 3 aromatic heterocycles. The molecule has 0 spiro atoms. The van der Waals surface area contributed by atoms with Crippen molar-refractivity contribution >= 4 is 0 Å². The lowest BCUT2D eigenvalue weighted by molar-refractivity contribution is 0.391. The first-order chi connectivity index (χ1) is 13.4. The van der Waals surface area contributed by atoms with Gasteiger partial charge < -0.3 is 9.63 Å². The quantitative estimate of drug-likeness (QED) is 0.571. The minimum atomic E-state index is -0.418. The molecule has 0 atom stereocenters. The number of imidazole rings is 1. The average molecular weight is 383 g/mol. The molecule has 0 fully saturated rings.